The van der Waals surface area contributed by atoms with Crippen molar-refractivity contribution in [1.82, 2.24) is 9.80 Å². The Bertz CT molecular complexity index is 1130. The molecule has 4 heterocycles. The average Bonchev–Trinajstić information content (AvgIpc) is 3.05. The van der Waals surface area contributed by atoms with Crippen LogP contribution in [-0.2, 0) is 14.4 Å². The Kier molecular flexibility index (Phi) is 5.44. The predicted molar refractivity (Wildman–Crippen MR) is 132 cm³/mol. The summed E-state index contributed by atoms with van der Waals surface area (Å²) in [6, 6.07) is 5.22. The second kappa shape index (κ2) is 7.99. The van der Waals surface area contributed by atoms with Gasteiger partial charge in [0, 0.05) is 37.1 Å². The number of carbonyl (C=O) groups is 3. The first kappa shape index (κ1) is 23.2. The lowest BCUT2D eigenvalue weighted by Gasteiger charge is -2.37. The molecular formula is C26H31N3O4S. The zero-order valence-corrected chi connectivity index (χ0v) is 20.8. The number of hydrogen-bond acceptors (Lipinski definition) is 5. The summed E-state index contributed by atoms with van der Waals surface area (Å²) in [5.41, 5.74) is 2.85. The minimum Gasteiger partial charge on any atom is -0.395 e. The van der Waals surface area contributed by atoms with Gasteiger partial charge in [0.2, 0.25) is 11.8 Å². The summed E-state index contributed by atoms with van der Waals surface area (Å²) in [5, 5.41) is 9.81. The van der Waals surface area contributed by atoms with Gasteiger partial charge in [-0.15, -0.1) is 11.8 Å². The van der Waals surface area contributed by atoms with Crippen LogP contribution in [0.5, 0.6) is 0 Å². The number of aryl methyl sites for hydroxylation is 2. The molecule has 8 heteroatoms. The van der Waals surface area contributed by atoms with Gasteiger partial charge in [-0.3, -0.25) is 14.4 Å². The van der Waals surface area contributed by atoms with Crippen molar-refractivity contribution >= 4 is 35.2 Å². The number of nitrogens with zero attached hydrogens (tertiary/aromatic N) is 3. The fraction of sp³-hybridized carbons (Fsp3) is 0.500. The molecule has 0 bridgehead atoms. The fourth-order valence-corrected chi connectivity index (χ4v) is 8.37. The first-order valence-corrected chi connectivity index (χ1v) is 12.6. The van der Waals surface area contributed by atoms with Gasteiger partial charge in [0.05, 0.1) is 23.2 Å². The molecule has 0 aliphatic carbocycles. The molecule has 1 N–H and O–H groups in total. The van der Waals surface area contributed by atoms with Crippen molar-refractivity contribution in [3.63, 3.8) is 0 Å². The summed E-state index contributed by atoms with van der Waals surface area (Å²) in [6.07, 6.45) is 8.01. The van der Waals surface area contributed by atoms with E-state index in [0.717, 1.165) is 16.8 Å². The van der Waals surface area contributed by atoms with E-state index in [1.165, 1.54) is 4.90 Å². The Morgan fingerprint density at radius 1 is 1.03 bits per heavy atom. The maximum Gasteiger partial charge on any atom is 0.251 e. The van der Waals surface area contributed by atoms with Crippen LogP contribution < -0.4 is 4.90 Å². The number of benzene rings is 1. The van der Waals surface area contributed by atoms with Gasteiger partial charge in [0.15, 0.2) is 0 Å². The summed E-state index contributed by atoms with van der Waals surface area (Å²) in [5.74, 6) is -1.71. The molecular weight excluding hydrogens is 450 g/mol. The number of amides is 3. The summed E-state index contributed by atoms with van der Waals surface area (Å²) in [4.78, 5) is 46.6. The van der Waals surface area contributed by atoms with Gasteiger partial charge in [-0.05, 0) is 38.0 Å². The molecule has 0 aromatic heterocycles. The minimum atomic E-state index is -0.882. The predicted octanol–water partition coefficient (Wildman–Crippen LogP) is 1.91. The third-order valence-electron chi connectivity index (χ3n) is 7.75. The molecule has 7 nitrogen and oxygen atoms in total. The molecule has 5 rings (SSSR count). The monoisotopic (exact) mass is 481 g/mol. The Labute approximate surface area is 204 Å². The van der Waals surface area contributed by atoms with Crippen LogP contribution in [0.3, 0.4) is 0 Å². The van der Waals surface area contributed by atoms with E-state index in [9.17, 15) is 19.5 Å². The Hall–Kier alpha value is -2.58. The van der Waals surface area contributed by atoms with Crippen molar-refractivity contribution in [2.24, 2.45) is 11.8 Å². The number of carbonyl (C=O) groups excluding carboxylic acids is 3. The van der Waals surface area contributed by atoms with E-state index in [4.69, 9.17) is 0 Å². The molecule has 180 valence electrons. The van der Waals surface area contributed by atoms with Crippen molar-refractivity contribution in [2.75, 3.05) is 38.2 Å². The van der Waals surface area contributed by atoms with Crippen LogP contribution in [-0.4, -0.2) is 81.5 Å². The molecule has 2 fully saturated rings. The highest BCUT2D eigenvalue weighted by atomic mass is 32.2. The number of aliphatic hydroxyl groups is 1. The molecule has 4 aliphatic heterocycles. The van der Waals surface area contributed by atoms with Crippen molar-refractivity contribution in [3.05, 3.63) is 53.6 Å². The van der Waals surface area contributed by atoms with Crippen LogP contribution in [0.4, 0.5) is 5.69 Å². The van der Waals surface area contributed by atoms with E-state index in [2.05, 4.69) is 0 Å². The van der Waals surface area contributed by atoms with Crippen LogP contribution in [0.1, 0.15) is 18.1 Å². The van der Waals surface area contributed by atoms with Crippen LogP contribution in [0.15, 0.2) is 42.5 Å². The summed E-state index contributed by atoms with van der Waals surface area (Å²) in [7, 11) is 1.76. The Balaban J connectivity index is 1.67. The van der Waals surface area contributed by atoms with E-state index in [-0.39, 0.29) is 30.9 Å². The second-order valence-electron chi connectivity index (χ2n) is 10.0. The first-order valence-electron chi connectivity index (χ1n) is 11.7. The normalized spacial score (nSPS) is 34.8. The third kappa shape index (κ3) is 3.11. The standard InChI is InChI=1S/C26H31N3O4S/c1-16-7-8-17(2)18(15-16)28-12-6-10-26-20(23(32)29(13-14-30)21(26)24(28)33)19-22(31)27(4)11-5-9-25(19,3)34-26/h5-10,15,19-21,30H,11-14H2,1-4H3/t19-,20-,21?,25+,26-/m0/s1. The SMILES string of the molecule is Cc1ccc(C)c(N2CC=C[C@]34S[C@]5(C)C=CCN(C)C(=O)[C@@H]5[C@H]3C(=O)N(CCO)C4C2=O)c1. The Morgan fingerprint density at radius 2 is 1.76 bits per heavy atom. The molecule has 1 spiro atoms. The number of rotatable bonds is 3. The number of aliphatic hydroxyl groups excluding tert-OH is 1. The largest absolute Gasteiger partial charge is 0.395 e. The van der Waals surface area contributed by atoms with Gasteiger partial charge >= 0.3 is 0 Å². The van der Waals surface area contributed by atoms with Crippen LogP contribution in [0.2, 0.25) is 0 Å². The number of hydrogen-bond donors (Lipinski definition) is 1. The molecule has 5 atom stereocenters. The van der Waals surface area contributed by atoms with Crippen LogP contribution in [0.25, 0.3) is 0 Å². The highest BCUT2D eigenvalue weighted by molar-refractivity contribution is 8.02. The van der Waals surface area contributed by atoms with Crippen LogP contribution in [0, 0.1) is 25.7 Å². The highest BCUT2D eigenvalue weighted by Gasteiger charge is 2.73. The van der Waals surface area contributed by atoms with Gasteiger partial charge in [-0.2, -0.15) is 0 Å². The summed E-state index contributed by atoms with van der Waals surface area (Å²) >= 11 is 1.56. The quantitative estimate of drug-likeness (QED) is 0.667. The smallest absolute Gasteiger partial charge is 0.251 e. The maximum absolute atomic E-state index is 14.3. The van der Waals surface area contributed by atoms with Gasteiger partial charge in [0.25, 0.3) is 5.91 Å². The second-order valence-corrected chi connectivity index (χ2v) is 11.8. The molecule has 1 aromatic rings. The van der Waals surface area contributed by atoms with E-state index >= 15 is 0 Å². The van der Waals surface area contributed by atoms with Gasteiger partial charge in [-0.1, -0.05) is 36.4 Å². The third-order valence-corrected chi connectivity index (χ3v) is 9.55. The van der Waals surface area contributed by atoms with E-state index in [1.54, 1.807) is 28.6 Å². The first-order chi connectivity index (χ1) is 16.1. The number of thioether (sulfide) groups is 1. The van der Waals surface area contributed by atoms with E-state index in [1.807, 2.05) is 63.3 Å². The molecule has 34 heavy (non-hydrogen) atoms. The fourth-order valence-electron chi connectivity index (χ4n) is 6.22. The highest BCUT2D eigenvalue weighted by Crippen LogP contribution is 2.65. The number of anilines is 1. The summed E-state index contributed by atoms with van der Waals surface area (Å²) in [6.45, 7) is 6.68. The van der Waals surface area contributed by atoms with Crippen LogP contribution >= 0.6 is 11.8 Å². The number of β-amino-alcohol motifs (C(OH)–C–C–N with tert-alkyl or cyclic N) is 1. The van der Waals surface area contributed by atoms with Crippen molar-refractivity contribution < 1.29 is 19.5 Å². The molecule has 2 saturated heterocycles. The molecule has 1 unspecified atom stereocenters. The Morgan fingerprint density at radius 3 is 2.50 bits per heavy atom. The lowest BCUT2D eigenvalue weighted by molar-refractivity contribution is -0.143. The lowest BCUT2D eigenvalue weighted by atomic mass is 9.74. The number of fused-ring (bicyclic) bond motifs is 2. The summed E-state index contributed by atoms with van der Waals surface area (Å²) < 4.78 is -1.49. The molecule has 3 amide bonds. The molecule has 0 saturated carbocycles. The van der Waals surface area contributed by atoms with Gasteiger partial charge in [0.1, 0.15) is 6.04 Å². The number of likely N-dealkylation sites (tertiary alicyclic amines) is 1. The van der Waals surface area contributed by atoms with E-state index < -0.39 is 27.4 Å². The zero-order valence-electron chi connectivity index (χ0n) is 20.0. The number of likely N-dealkylation sites (N-methyl/N-ethyl adjacent to an activating group) is 1. The molecule has 1 aromatic carbocycles. The molecule has 0 radical (unpaired) electrons. The van der Waals surface area contributed by atoms with Crippen molar-refractivity contribution in [1.29, 1.82) is 0 Å². The maximum atomic E-state index is 14.3. The van der Waals surface area contributed by atoms with Gasteiger partial charge in [-0.25, -0.2) is 0 Å². The van der Waals surface area contributed by atoms with E-state index in [0.29, 0.717) is 13.1 Å². The van der Waals surface area contributed by atoms with Gasteiger partial charge < -0.3 is 19.8 Å². The topological polar surface area (TPSA) is 81.2 Å². The zero-order chi connectivity index (χ0) is 24.4. The van der Waals surface area contributed by atoms with Crippen molar-refractivity contribution in [3.8, 4) is 0 Å². The lowest BCUT2D eigenvalue weighted by Crippen LogP contribution is -2.54. The molecule has 4 aliphatic rings. The minimum absolute atomic E-state index is 0.0613. The van der Waals surface area contributed by atoms with Crippen molar-refractivity contribution in [2.45, 2.75) is 36.3 Å². The average molecular weight is 482 g/mol.